The number of nitro benzene ring substituents is 1. The van der Waals surface area contributed by atoms with Gasteiger partial charge in [-0.15, -0.1) is 5.10 Å². The zero-order valence-electron chi connectivity index (χ0n) is 12.1. The van der Waals surface area contributed by atoms with E-state index in [1.54, 1.807) is 25.2 Å². The van der Waals surface area contributed by atoms with E-state index >= 15 is 0 Å². The summed E-state index contributed by atoms with van der Waals surface area (Å²) in [5.74, 6) is -0.472. The molecule has 2 aromatic carbocycles. The van der Waals surface area contributed by atoms with Crippen molar-refractivity contribution < 1.29 is 13.3 Å². The molecule has 1 heterocycles. The third kappa shape index (κ3) is 2.78. The minimum absolute atomic E-state index is 0.0817. The summed E-state index contributed by atoms with van der Waals surface area (Å²) >= 11 is 0. The van der Waals surface area contributed by atoms with E-state index < -0.39 is 20.5 Å². The van der Waals surface area contributed by atoms with Gasteiger partial charge in [-0.05, 0) is 24.3 Å². The third-order valence-corrected chi connectivity index (χ3v) is 5.02. The Labute approximate surface area is 131 Å². The molecule has 0 unspecified atom stereocenters. The van der Waals surface area contributed by atoms with Crippen molar-refractivity contribution in [2.45, 2.75) is 10.6 Å². The van der Waals surface area contributed by atoms with Crippen molar-refractivity contribution >= 4 is 26.6 Å². The lowest BCUT2D eigenvalue weighted by atomic mass is 10.2. The van der Waals surface area contributed by atoms with Gasteiger partial charge < -0.3 is 0 Å². The van der Waals surface area contributed by atoms with E-state index in [-0.39, 0.29) is 21.7 Å². The zero-order valence-corrected chi connectivity index (χ0v) is 12.9. The molecule has 0 aliphatic heterocycles. The summed E-state index contributed by atoms with van der Waals surface area (Å²) in [6.07, 6.45) is 0. The molecule has 0 aliphatic carbocycles. The summed E-state index contributed by atoms with van der Waals surface area (Å²) in [6.45, 7) is 0. The Bertz CT molecular complexity index is 996. The number of aryl methyl sites for hydroxylation is 1. The second-order valence-electron chi connectivity index (χ2n) is 4.96. The average Bonchev–Trinajstić information content (AvgIpc) is 2.87. The molecule has 0 N–H and O–H groups in total. The van der Waals surface area contributed by atoms with Crippen LogP contribution in [0.4, 0.5) is 5.69 Å². The smallest absolute Gasteiger partial charge is 0.258 e. The Kier molecular flexibility index (Phi) is 3.57. The summed E-state index contributed by atoms with van der Waals surface area (Å²) in [5.41, 5.74) is 0.195. The molecule has 0 radical (unpaired) electrons. The van der Waals surface area contributed by atoms with Crippen LogP contribution in [0.1, 0.15) is 5.56 Å². The minimum atomic E-state index is -3.69. The predicted molar refractivity (Wildman–Crippen MR) is 82.5 cm³/mol. The van der Waals surface area contributed by atoms with Crippen LogP contribution in [-0.4, -0.2) is 28.3 Å². The van der Waals surface area contributed by atoms with Crippen LogP contribution in [0.5, 0.6) is 0 Å². The lowest BCUT2D eigenvalue weighted by Gasteiger charge is -2.05. The van der Waals surface area contributed by atoms with Crippen molar-refractivity contribution in [2.24, 2.45) is 7.05 Å². The Hall–Kier alpha value is -2.81. The van der Waals surface area contributed by atoms with Gasteiger partial charge in [0.05, 0.1) is 15.6 Å². The Morgan fingerprint density at radius 2 is 1.83 bits per heavy atom. The monoisotopic (exact) mass is 332 g/mol. The molecule has 0 aliphatic rings. The molecular weight excluding hydrogens is 320 g/mol. The maximum Gasteiger partial charge on any atom is 0.303 e. The van der Waals surface area contributed by atoms with Gasteiger partial charge in [-0.1, -0.05) is 18.2 Å². The predicted octanol–water partition coefficient (Wildman–Crippen LogP) is 1.85. The first kappa shape index (κ1) is 15.1. The van der Waals surface area contributed by atoms with E-state index in [9.17, 15) is 18.5 Å². The third-order valence-electron chi connectivity index (χ3n) is 3.34. The van der Waals surface area contributed by atoms with E-state index in [1.165, 1.54) is 29.1 Å². The van der Waals surface area contributed by atoms with Gasteiger partial charge in [0.25, 0.3) is 0 Å². The van der Waals surface area contributed by atoms with Crippen molar-refractivity contribution in [1.82, 2.24) is 15.0 Å². The summed E-state index contributed by atoms with van der Waals surface area (Å²) < 4.78 is 24.9. The van der Waals surface area contributed by atoms with E-state index in [0.29, 0.717) is 5.52 Å². The fraction of sp³-hybridized carbons (Fsp3) is 0.143. The lowest BCUT2D eigenvalue weighted by Crippen LogP contribution is -2.07. The van der Waals surface area contributed by atoms with Crippen molar-refractivity contribution in [3.8, 4) is 0 Å². The maximum absolute atomic E-state index is 12.5. The van der Waals surface area contributed by atoms with Crippen LogP contribution in [0.15, 0.2) is 47.4 Å². The van der Waals surface area contributed by atoms with Gasteiger partial charge in [-0.25, -0.2) is 8.42 Å². The number of aromatic nitrogens is 3. The molecule has 0 amide bonds. The van der Waals surface area contributed by atoms with Crippen LogP contribution < -0.4 is 0 Å². The van der Waals surface area contributed by atoms with Crippen LogP contribution >= 0.6 is 0 Å². The molecule has 0 saturated heterocycles. The highest BCUT2D eigenvalue weighted by atomic mass is 32.2. The number of hydrogen-bond acceptors (Lipinski definition) is 6. The Morgan fingerprint density at radius 3 is 2.48 bits per heavy atom. The van der Waals surface area contributed by atoms with Crippen LogP contribution in [0.2, 0.25) is 0 Å². The number of fused-ring (bicyclic) bond motifs is 1. The van der Waals surface area contributed by atoms with E-state index in [4.69, 9.17) is 0 Å². The van der Waals surface area contributed by atoms with Crippen molar-refractivity contribution in [3.05, 3.63) is 58.1 Å². The normalized spacial score (nSPS) is 11.7. The highest BCUT2D eigenvalue weighted by Gasteiger charge is 2.26. The molecule has 8 nitrogen and oxygen atoms in total. The number of benzene rings is 2. The van der Waals surface area contributed by atoms with Crippen LogP contribution in [0.3, 0.4) is 0 Å². The second kappa shape index (κ2) is 5.43. The van der Waals surface area contributed by atoms with Crippen molar-refractivity contribution in [3.63, 3.8) is 0 Å². The molecule has 118 valence electrons. The number of sulfone groups is 1. The quantitative estimate of drug-likeness (QED) is 0.533. The molecule has 23 heavy (non-hydrogen) atoms. The summed E-state index contributed by atoms with van der Waals surface area (Å²) in [4.78, 5) is 12.1. The van der Waals surface area contributed by atoms with Crippen LogP contribution in [-0.2, 0) is 22.6 Å². The molecule has 0 spiro atoms. The first-order chi connectivity index (χ1) is 10.9. The summed E-state index contributed by atoms with van der Waals surface area (Å²) in [5, 5.41) is 19.4. The first-order valence-electron chi connectivity index (χ1n) is 6.63. The lowest BCUT2D eigenvalue weighted by molar-refractivity contribution is -0.383. The number of nitro groups is 1. The Morgan fingerprint density at radius 1 is 1.13 bits per heavy atom. The SMILES string of the molecule is Cn1nc2ccc(CS(=O)(=O)c3ccccc3)c([N+](=O)[O-])c2n1. The highest BCUT2D eigenvalue weighted by molar-refractivity contribution is 7.90. The average molecular weight is 332 g/mol. The summed E-state index contributed by atoms with van der Waals surface area (Å²) in [7, 11) is -2.14. The standard InChI is InChI=1S/C14H12N4O4S/c1-17-15-12-8-7-10(14(18(19)20)13(12)16-17)9-23(21,22)11-5-3-2-4-6-11/h2-8H,9H2,1H3. The topological polar surface area (TPSA) is 108 Å². The molecule has 0 fully saturated rings. The van der Waals surface area contributed by atoms with E-state index in [1.807, 2.05) is 0 Å². The number of rotatable bonds is 4. The van der Waals surface area contributed by atoms with Crippen molar-refractivity contribution in [1.29, 1.82) is 0 Å². The van der Waals surface area contributed by atoms with Gasteiger partial charge >= 0.3 is 5.69 Å². The molecule has 9 heteroatoms. The molecule has 1 aromatic heterocycles. The van der Waals surface area contributed by atoms with Gasteiger partial charge in [0.1, 0.15) is 5.52 Å². The minimum Gasteiger partial charge on any atom is -0.258 e. The number of hydrogen-bond donors (Lipinski definition) is 0. The van der Waals surface area contributed by atoms with E-state index in [0.717, 1.165) is 0 Å². The molecule has 3 rings (SSSR count). The fourth-order valence-corrected chi connectivity index (χ4v) is 3.73. The van der Waals surface area contributed by atoms with Crippen LogP contribution in [0, 0.1) is 10.1 Å². The second-order valence-corrected chi connectivity index (χ2v) is 6.95. The Balaban J connectivity index is 2.13. The molecule has 0 saturated carbocycles. The maximum atomic E-state index is 12.5. The molecule has 0 bridgehead atoms. The van der Waals surface area contributed by atoms with Gasteiger partial charge in [-0.3, -0.25) is 10.1 Å². The van der Waals surface area contributed by atoms with Gasteiger partial charge in [0, 0.05) is 12.6 Å². The van der Waals surface area contributed by atoms with Crippen molar-refractivity contribution in [2.75, 3.05) is 0 Å². The first-order valence-corrected chi connectivity index (χ1v) is 8.29. The molecular formula is C14H12N4O4S. The van der Waals surface area contributed by atoms with Crippen LogP contribution in [0.25, 0.3) is 11.0 Å². The van der Waals surface area contributed by atoms with Gasteiger partial charge in [0.2, 0.25) is 0 Å². The van der Waals surface area contributed by atoms with Gasteiger partial charge in [-0.2, -0.15) is 9.90 Å². The number of nitrogens with zero attached hydrogens (tertiary/aromatic N) is 4. The summed E-state index contributed by atoms with van der Waals surface area (Å²) in [6, 6.07) is 10.8. The largest absolute Gasteiger partial charge is 0.303 e. The van der Waals surface area contributed by atoms with E-state index in [2.05, 4.69) is 10.2 Å². The molecule has 3 aromatic rings. The fourth-order valence-electron chi connectivity index (χ4n) is 2.35. The molecule has 0 atom stereocenters. The zero-order chi connectivity index (χ0) is 16.6. The van der Waals surface area contributed by atoms with Gasteiger partial charge in [0.15, 0.2) is 15.4 Å². The highest BCUT2D eigenvalue weighted by Crippen LogP contribution is 2.30.